The fourth-order valence-electron chi connectivity index (χ4n) is 9.39. The van der Waals surface area contributed by atoms with Crippen molar-refractivity contribution in [2.24, 2.45) is 11.8 Å². The van der Waals surface area contributed by atoms with Gasteiger partial charge in [0, 0.05) is 28.7 Å². The zero-order valence-corrected chi connectivity index (χ0v) is 42.5. The average molecular weight is 1020 g/mol. The van der Waals surface area contributed by atoms with Crippen molar-refractivity contribution in [1.82, 2.24) is 25.6 Å². The van der Waals surface area contributed by atoms with E-state index in [9.17, 15) is 55.5 Å². The molecule has 382 valence electrons. The number of amides is 5. The van der Waals surface area contributed by atoms with E-state index in [1.165, 1.54) is 67.3 Å². The average Bonchev–Trinajstić information content (AvgIpc) is 3.66. The fraction of sp³-hybridized carbons (Fsp3) is 0.529. The van der Waals surface area contributed by atoms with Crippen LogP contribution in [0.5, 0.6) is 5.75 Å². The summed E-state index contributed by atoms with van der Waals surface area (Å²) >= 11 is 5.87. The summed E-state index contributed by atoms with van der Waals surface area (Å²) < 4.78 is 68.7. The van der Waals surface area contributed by atoms with Gasteiger partial charge in [-0.2, -0.15) is 13.2 Å². The molecule has 2 aliphatic rings. The molecule has 5 atom stereocenters. The van der Waals surface area contributed by atoms with Gasteiger partial charge in [0.25, 0.3) is 27.6 Å². The highest BCUT2D eigenvalue weighted by molar-refractivity contribution is 7.90. The normalized spacial score (nSPS) is 18.4. The number of sulfonamides is 1. The van der Waals surface area contributed by atoms with E-state index in [0.717, 1.165) is 29.5 Å². The van der Waals surface area contributed by atoms with Crippen LogP contribution in [0.1, 0.15) is 144 Å². The zero-order chi connectivity index (χ0) is 52.1. The number of ketones is 1. The first-order valence-electron chi connectivity index (χ1n) is 23.6. The van der Waals surface area contributed by atoms with Crippen molar-refractivity contribution >= 4 is 56.9 Å². The van der Waals surface area contributed by atoms with E-state index in [4.69, 9.17) is 11.6 Å². The van der Waals surface area contributed by atoms with E-state index >= 15 is 0 Å². The quantitative estimate of drug-likeness (QED) is 0.0835. The van der Waals surface area contributed by atoms with E-state index in [1.807, 2.05) is 46.3 Å². The minimum Gasteiger partial charge on any atom is -0.508 e. The number of halogens is 4. The summed E-state index contributed by atoms with van der Waals surface area (Å²) in [6, 6.07) is 8.65. The van der Waals surface area contributed by atoms with Crippen molar-refractivity contribution in [3.05, 3.63) is 93.5 Å². The number of rotatable bonds is 17. The SMILES string of the molecule is CC(C)[C@H](NC(=O)[C@@H]1C[C@@H]2CCCC[C@@H]2N1C(=O)[C@H](CCCCNC(=O)Cc1c(C(C)(C)C)cc(O)cc1C(C)(C)C)NC(=O)c1ccc(C(=O)NS(=O)(=O)c2ccc(Cl)cc2)cc1)C(=O)C(F)(F)F. The number of benzene rings is 3. The molecule has 19 heteroatoms. The van der Waals surface area contributed by atoms with Gasteiger partial charge in [0.1, 0.15) is 17.8 Å². The number of fused-ring (bicyclic) bond motifs is 1. The first-order chi connectivity index (χ1) is 32.5. The number of nitrogens with zero attached hydrogens (tertiary/aromatic N) is 1. The van der Waals surface area contributed by atoms with Crippen LogP contribution in [-0.4, -0.2) is 90.6 Å². The smallest absolute Gasteiger partial charge is 0.452 e. The first-order valence-corrected chi connectivity index (χ1v) is 25.5. The van der Waals surface area contributed by atoms with Crippen molar-refractivity contribution < 1.29 is 55.5 Å². The number of alkyl halides is 3. The molecule has 1 aliphatic heterocycles. The summed E-state index contributed by atoms with van der Waals surface area (Å²) in [5.74, 6) is -6.63. The Kier molecular flexibility index (Phi) is 17.7. The van der Waals surface area contributed by atoms with Crippen LogP contribution in [0.3, 0.4) is 0 Å². The Labute approximate surface area is 413 Å². The Bertz CT molecular complexity index is 2510. The van der Waals surface area contributed by atoms with Crippen LogP contribution < -0.4 is 20.7 Å². The van der Waals surface area contributed by atoms with E-state index in [2.05, 4.69) is 16.0 Å². The molecule has 3 aromatic carbocycles. The molecule has 14 nitrogen and oxygen atoms in total. The number of phenols is 1. The van der Waals surface area contributed by atoms with Gasteiger partial charge in [-0.1, -0.05) is 79.8 Å². The van der Waals surface area contributed by atoms with Gasteiger partial charge in [0.2, 0.25) is 17.7 Å². The van der Waals surface area contributed by atoms with E-state index in [0.29, 0.717) is 24.3 Å². The van der Waals surface area contributed by atoms with Crippen LogP contribution in [0.4, 0.5) is 13.2 Å². The predicted molar refractivity (Wildman–Crippen MR) is 259 cm³/mol. The molecule has 0 spiro atoms. The third kappa shape index (κ3) is 13.9. The monoisotopic (exact) mass is 1020 g/mol. The van der Waals surface area contributed by atoms with Crippen LogP contribution in [0.2, 0.25) is 5.02 Å². The van der Waals surface area contributed by atoms with Crippen LogP contribution in [-0.2, 0) is 46.5 Å². The van der Waals surface area contributed by atoms with Crippen molar-refractivity contribution in [2.75, 3.05) is 6.54 Å². The maximum atomic E-state index is 14.9. The third-order valence-corrected chi connectivity index (χ3v) is 14.6. The molecule has 1 heterocycles. The number of aromatic hydroxyl groups is 1. The molecule has 5 rings (SSSR count). The highest BCUT2D eigenvalue weighted by Crippen LogP contribution is 2.41. The lowest BCUT2D eigenvalue weighted by Gasteiger charge is -2.36. The van der Waals surface area contributed by atoms with Crippen molar-refractivity contribution in [3.8, 4) is 5.75 Å². The maximum Gasteiger partial charge on any atom is 0.452 e. The van der Waals surface area contributed by atoms with Crippen LogP contribution in [0.25, 0.3) is 0 Å². The van der Waals surface area contributed by atoms with Crippen molar-refractivity contribution in [2.45, 2.75) is 159 Å². The molecule has 1 saturated heterocycles. The summed E-state index contributed by atoms with van der Waals surface area (Å²) in [6.45, 7) is 15.0. The zero-order valence-electron chi connectivity index (χ0n) is 40.9. The summed E-state index contributed by atoms with van der Waals surface area (Å²) in [6.07, 6.45) is -1.67. The van der Waals surface area contributed by atoms with E-state index in [-0.39, 0.29) is 76.7 Å². The summed E-state index contributed by atoms with van der Waals surface area (Å²) in [5.41, 5.74) is 1.61. The molecule has 0 radical (unpaired) electrons. The highest BCUT2D eigenvalue weighted by atomic mass is 35.5. The molecule has 1 saturated carbocycles. The summed E-state index contributed by atoms with van der Waals surface area (Å²) in [5, 5.41) is 18.9. The predicted octanol–water partition coefficient (Wildman–Crippen LogP) is 7.82. The topological polar surface area (TPSA) is 208 Å². The number of unbranched alkanes of at least 4 members (excludes halogenated alkanes) is 1. The molecule has 0 unspecified atom stereocenters. The second-order valence-electron chi connectivity index (χ2n) is 20.7. The van der Waals surface area contributed by atoms with Crippen molar-refractivity contribution in [3.63, 3.8) is 0 Å². The van der Waals surface area contributed by atoms with Crippen LogP contribution >= 0.6 is 11.6 Å². The van der Waals surface area contributed by atoms with Gasteiger partial charge in [0.05, 0.1) is 17.4 Å². The number of nitrogens with one attached hydrogen (secondary N) is 4. The first kappa shape index (κ1) is 55.4. The standard InChI is InChI=1S/C51H65ClF3N5O9S/c1-29(2)43(44(63)51(53,54)55)58-47(66)41-25-32-13-9-10-15-40(32)60(41)48(67)39(14-11-12-24-56-42(62)28-36-37(49(3,4)5)26-34(61)27-38(36)50(6,7)8)57-45(64)30-16-18-31(19-17-30)46(65)59-70(68,69)35-22-20-33(52)21-23-35/h16-23,26-27,29,32,39-41,43,61H,9-15,24-25,28H2,1-8H3,(H,56,62)(H,57,64)(H,58,66)(H,59,65)/t32-,39-,40-,41-,43-/m0/s1. The number of likely N-dealkylation sites (tertiary alicyclic amines) is 1. The van der Waals surface area contributed by atoms with E-state index < -0.39 is 75.7 Å². The number of Topliss-reactive ketones (excluding diaryl/α,β-unsaturated/α-hetero) is 1. The van der Waals surface area contributed by atoms with E-state index in [1.54, 1.807) is 12.1 Å². The molecule has 5 amide bonds. The summed E-state index contributed by atoms with van der Waals surface area (Å²) in [4.78, 5) is 83.0. The molecular weight excluding hydrogens is 951 g/mol. The highest BCUT2D eigenvalue weighted by Gasteiger charge is 2.51. The third-order valence-electron chi connectivity index (χ3n) is 13.0. The van der Waals surface area contributed by atoms with Gasteiger partial charge >= 0.3 is 6.18 Å². The Balaban J connectivity index is 1.37. The molecule has 70 heavy (non-hydrogen) atoms. The molecule has 2 fully saturated rings. The van der Waals surface area contributed by atoms with Gasteiger partial charge < -0.3 is 26.0 Å². The molecule has 0 bridgehead atoms. The van der Waals surface area contributed by atoms with Gasteiger partial charge in [-0.05, 0) is 139 Å². The number of carbonyl (C=O) groups is 6. The summed E-state index contributed by atoms with van der Waals surface area (Å²) in [7, 11) is -4.28. The second-order valence-corrected chi connectivity index (χ2v) is 22.9. The molecular formula is C51H65ClF3N5O9S. The maximum absolute atomic E-state index is 14.9. The lowest BCUT2D eigenvalue weighted by atomic mass is 9.75. The number of hydrogen-bond acceptors (Lipinski definition) is 9. The molecule has 5 N–H and O–H groups in total. The molecule has 0 aromatic heterocycles. The Morgan fingerprint density at radius 1 is 0.800 bits per heavy atom. The lowest BCUT2D eigenvalue weighted by molar-refractivity contribution is -0.175. The number of phenolic OH excluding ortho intramolecular Hbond substituents is 1. The number of hydrogen-bond donors (Lipinski definition) is 5. The van der Waals surface area contributed by atoms with Gasteiger partial charge in [-0.3, -0.25) is 28.8 Å². The van der Waals surface area contributed by atoms with Gasteiger partial charge in [-0.15, -0.1) is 0 Å². The Hall–Kier alpha value is -5.49. The van der Waals surface area contributed by atoms with Crippen molar-refractivity contribution in [1.29, 1.82) is 0 Å². The minimum atomic E-state index is -5.22. The second kappa shape index (κ2) is 22.3. The van der Waals surface area contributed by atoms with Crippen LogP contribution in [0.15, 0.2) is 65.6 Å². The number of carbonyl (C=O) groups excluding carboxylic acids is 6. The molecule has 1 aliphatic carbocycles. The largest absolute Gasteiger partial charge is 0.508 e. The van der Waals surface area contributed by atoms with Gasteiger partial charge in [0.15, 0.2) is 0 Å². The van der Waals surface area contributed by atoms with Gasteiger partial charge in [-0.25, -0.2) is 13.1 Å². The molecule has 3 aromatic rings. The minimum absolute atomic E-state index is 0.00245. The Morgan fingerprint density at radius 3 is 1.90 bits per heavy atom. The lowest BCUT2D eigenvalue weighted by Crippen LogP contribution is -2.59. The Morgan fingerprint density at radius 2 is 1.36 bits per heavy atom. The van der Waals surface area contributed by atoms with Crippen LogP contribution in [0, 0.1) is 11.8 Å². The fourth-order valence-corrected chi connectivity index (χ4v) is 10.5.